The zero-order valence-electron chi connectivity index (χ0n) is 22.5. The van der Waals surface area contributed by atoms with Crippen LogP contribution in [0.2, 0.25) is 0 Å². The van der Waals surface area contributed by atoms with Crippen LogP contribution in [0.1, 0.15) is 11.1 Å². The lowest BCUT2D eigenvalue weighted by molar-refractivity contribution is -0.199. The van der Waals surface area contributed by atoms with E-state index in [9.17, 15) is 10.2 Å². The third-order valence-electron chi connectivity index (χ3n) is 12.0. The van der Waals surface area contributed by atoms with Crippen LogP contribution < -0.4 is 18.9 Å². The summed E-state index contributed by atoms with van der Waals surface area (Å²) in [5, 5.41) is 21.3. The van der Waals surface area contributed by atoms with Crippen molar-refractivity contribution in [3.63, 3.8) is 0 Å². The van der Waals surface area contributed by atoms with Crippen LogP contribution in [0.15, 0.2) is 60.7 Å². The Balaban J connectivity index is 0.976. The van der Waals surface area contributed by atoms with E-state index >= 15 is 0 Å². The molecule has 6 nitrogen and oxygen atoms in total. The topological polar surface area (TPSA) is 77.4 Å². The smallest absolute Gasteiger partial charge is 0.231 e. The Hall–Kier alpha value is -2.96. The predicted molar refractivity (Wildman–Crippen MR) is 147 cm³/mol. The van der Waals surface area contributed by atoms with Crippen LogP contribution in [-0.4, -0.2) is 37.0 Å². The molecule has 0 saturated heterocycles. The van der Waals surface area contributed by atoms with Gasteiger partial charge in [0.2, 0.25) is 13.6 Å². The van der Waals surface area contributed by atoms with Crippen molar-refractivity contribution in [1.29, 1.82) is 0 Å². The average molecular weight is 541 g/mol. The van der Waals surface area contributed by atoms with Crippen LogP contribution in [0.25, 0.3) is 0 Å². The van der Waals surface area contributed by atoms with Crippen LogP contribution >= 0.6 is 0 Å². The molecule has 2 heterocycles. The minimum Gasteiger partial charge on any atom is -0.454 e. The molecule has 2 aromatic carbocycles. The summed E-state index contributed by atoms with van der Waals surface area (Å²) in [5.41, 5.74) is 2.54. The Kier molecular flexibility index (Phi) is 5.20. The lowest BCUT2D eigenvalue weighted by atomic mass is 9.34. The van der Waals surface area contributed by atoms with Crippen LogP contribution in [0.5, 0.6) is 23.0 Å². The monoisotopic (exact) mass is 540 g/mol. The Morgan fingerprint density at radius 1 is 0.500 bits per heavy atom. The number of allylic oxidation sites excluding steroid dienone is 4. The third-order valence-corrected chi connectivity index (χ3v) is 12.0. The number of hydrogen-bond donors (Lipinski definition) is 2. The highest BCUT2D eigenvalue weighted by Crippen LogP contribution is 2.70. The van der Waals surface area contributed by atoms with Crippen molar-refractivity contribution in [2.24, 2.45) is 71.0 Å². The van der Waals surface area contributed by atoms with E-state index in [0.717, 1.165) is 35.8 Å². The quantitative estimate of drug-likeness (QED) is 0.526. The Bertz CT molecular complexity index is 1400. The standard InChI is InChI=1S/C34H36O6/c35-13-25-23(9-17-1-7-27-29(11-17)39-15-37-27)21-4-3-19-20-5-6-22(31(19)33(21)25)34-26(14-36)24(32(20)34)10-18-2-8-28-30(12-18)40-16-38-28/h1-8,11-12,19-26,31-36H,9-10,13-16H2/t19?,20?,21-,22?,23+,24?,25-,26?,31?,32?,33-,34?/m0/s1. The van der Waals surface area contributed by atoms with E-state index in [0.29, 0.717) is 84.6 Å². The number of aliphatic hydroxyl groups is 2. The van der Waals surface area contributed by atoms with E-state index in [-0.39, 0.29) is 13.2 Å². The maximum Gasteiger partial charge on any atom is 0.231 e. The summed E-state index contributed by atoms with van der Waals surface area (Å²) in [7, 11) is 0. The molecular weight excluding hydrogens is 504 g/mol. The molecule has 3 saturated carbocycles. The van der Waals surface area contributed by atoms with E-state index < -0.39 is 0 Å². The van der Waals surface area contributed by atoms with E-state index in [2.05, 4.69) is 48.6 Å². The molecule has 3 fully saturated rings. The summed E-state index contributed by atoms with van der Waals surface area (Å²) >= 11 is 0. The summed E-state index contributed by atoms with van der Waals surface area (Å²) < 4.78 is 22.3. The normalized spacial score (nSPS) is 42.0. The lowest BCUT2D eigenvalue weighted by Gasteiger charge is -2.70. The highest BCUT2D eigenvalue weighted by Gasteiger charge is 2.67. The van der Waals surface area contributed by atoms with Gasteiger partial charge in [-0.3, -0.25) is 0 Å². The second kappa shape index (κ2) is 8.77. The van der Waals surface area contributed by atoms with Crippen molar-refractivity contribution in [3.8, 4) is 23.0 Å². The number of ether oxygens (including phenoxy) is 4. The molecule has 12 atom stereocenters. The zero-order chi connectivity index (χ0) is 26.5. The zero-order valence-corrected chi connectivity index (χ0v) is 22.5. The molecular formula is C34H36O6. The van der Waals surface area contributed by atoms with Gasteiger partial charge in [-0.05, 0) is 119 Å². The number of aliphatic hydroxyl groups excluding tert-OH is 2. The molecule has 2 aliphatic heterocycles. The van der Waals surface area contributed by atoms with Crippen molar-refractivity contribution >= 4 is 0 Å². The first-order chi connectivity index (χ1) is 19.7. The number of rotatable bonds is 6. The minimum absolute atomic E-state index is 0.249. The summed E-state index contributed by atoms with van der Waals surface area (Å²) in [4.78, 5) is 0. The van der Waals surface area contributed by atoms with Gasteiger partial charge < -0.3 is 29.2 Å². The maximum atomic E-state index is 10.6. The SMILES string of the molecule is OCC1C(Cc2ccc3c(c2)OCO3)C2C3C=CC(C12)C1C3C=C[C@H]2[C@@H](Cc3ccc4c(c3)OCO4)[C@H](CO)[C@@H]12. The fourth-order valence-electron chi connectivity index (χ4n) is 10.5. The van der Waals surface area contributed by atoms with Crippen molar-refractivity contribution in [3.05, 3.63) is 71.8 Å². The van der Waals surface area contributed by atoms with Gasteiger partial charge in [0.25, 0.3) is 0 Å². The Morgan fingerprint density at radius 2 is 0.975 bits per heavy atom. The summed E-state index contributed by atoms with van der Waals surface area (Å²) in [6.45, 7) is 1.09. The molecule has 6 heteroatoms. The van der Waals surface area contributed by atoms with Crippen LogP contribution in [0.4, 0.5) is 0 Å². The predicted octanol–water partition coefficient (Wildman–Crippen LogP) is 4.49. The van der Waals surface area contributed by atoms with E-state index in [1.54, 1.807) is 0 Å². The van der Waals surface area contributed by atoms with Crippen molar-refractivity contribution in [2.75, 3.05) is 26.8 Å². The first-order valence-corrected chi connectivity index (χ1v) is 15.1. The van der Waals surface area contributed by atoms with Gasteiger partial charge in [-0.15, -0.1) is 0 Å². The van der Waals surface area contributed by atoms with Crippen LogP contribution in [0, 0.1) is 71.0 Å². The van der Waals surface area contributed by atoms with E-state index in [1.807, 2.05) is 12.1 Å². The molecule has 2 bridgehead atoms. The van der Waals surface area contributed by atoms with Crippen LogP contribution in [-0.2, 0) is 12.8 Å². The molecule has 0 amide bonds. The molecule has 2 aromatic rings. The summed E-state index contributed by atoms with van der Waals surface area (Å²) in [5.74, 6) is 9.19. The van der Waals surface area contributed by atoms with E-state index in [4.69, 9.17) is 18.9 Å². The van der Waals surface area contributed by atoms with Gasteiger partial charge in [-0.2, -0.15) is 0 Å². The average Bonchev–Trinajstić information content (AvgIpc) is 3.64. The fourth-order valence-corrected chi connectivity index (χ4v) is 10.5. The van der Waals surface area contributed by atoms with Crippen LogP contribution in [0.3, 0.4) is 0 Å². The lowest BCUT2D eigenvalue weighted by Crippen LogP contribution is -2.67. The van der Waals surface area contributed by atoms with E-state index in [1.165, 1.54) is 11.1 Å². The van der Waals surface area contributed by atoms with Gasteiger partial charge in [0.1, 0.15) is 0 Å². The number of fused-ring (bicyclic) bond motifs is 3. The highest BCUT2D eigenvalue weighted by molar-refractivity contribution is 5.46. The molecule has 208 valence electrons. The molecule has 2 N–H and O–H groups in total. The Morgan fingerprint density at radius 3 is 1.62 bits per heavy atom. The molecule has 0 radical (unpaired) electrons. The highest BCUT2D eigenvalue weighted by atomic mass is 16.7. The number of benzene rings is 2. The largest absolute Gasteiger partial charge is 0.454 e. The molecule has 6 aliphatic carbocycles. The summed E-state index contributed by atoms with van der Waals surface area (Å²) in [6, 6.07) is 12.6. The Labute approximate surface area is 234 Å². The molecule has 40 heavy (non-hydrogen) atoms. The first kappa shape index (κ1) is 23.7. The number of hydrogen-bond acceptors (Lipinski definition) is 6. The molecule has 0 aromatic heterocycles. The molecule has 8 aliphatic rings. The van der Waals surface area contributed by atoms with Gasteiger partial charge in [-0.25, -0.2) is 0 Å². The third kappa shape index (κ3) is 3.18. The molecule has 10 rings (SSSR count). The maximum absolute atomic E-state index is 10.6. The molecule has 0 spiro atoms. The van der Waals surface area contributed by atoms with Gasteiger partial charge in [0.15, 0.2) is 23.0 Å². The van der Waals surface area contributed by atoms with Gasteiger partial charge >= 0.3 is 0 Å². The van der Waals surface area contributed by atoms with Crippen molar-refractivity contribution in [2.45, 2.75) is 12.8 Å². The molecule has 8 unspecified atom stereocenters. The van der Waals surface area contributed by atoms with Gasteiger partial charge in [-0.1, -0.05) is 36.4 Å². The minimum atomic E-state index is 0.249. The summed E-state index contributed by atoms with van der Waals surface area (Å²) in [6.07, 6.45) is 12.0. The van der Waals surface area contributed by atoms with Gasteiger partial charge in [0, 0.05) is 13.2 Å². The van der Waals surface area contributed by atoms with Crippen molar-refractivity contribution < 1.29 is 29.2 Å². The van der Waals surface area contributed by atoms with Crippen molar-refractivity contribution in [1.82, 2.24) is 0 Å². The second-order valence-electron chi connectivity index (χ2n) is 13.2. The van der Waals surface area contributed by atoms with Gasteiger partial charge in [0.05, 0.1) is 0 Å². The first-order valence-electron chi connectivity index (χ1n) is 15.1. The second-order valence-corrected chi connectivity index (χ2v) is 13.2. The fraction of sp³-hybridized carbons (Fsp3) is 0.529.